The molecule has 0 unspecified atom stereocenters. The maximum atomic E-state index is 12.0. The van der Waals surface area contributed by atoms with E-state index in [1.165, 1.54) is 11.3 Å². The number of benzene rings is 2. The predicted octanol–water partition coefficient (Wildman–Crippen LogP) is 5.31. The van der Waals surface area contributed by atoms with E-state index >= 15 is 0 Å². The van der Waals surface area contributed by atoms with E-state index in [1.54, 1.807) is 0 Å². The summed E-state index contributed by atoms with van der Waals surface area (Å²) >= 11 is 7.38. The Morgan fingerprint density at radius 3 is 2.60 bits per heavy atom. The molecule has 5 nitrogen and oxygen atoms in total. The highest BCUT2D eigenvalue weighted by Gasteiger charge is 2.08. The van der Waals surface area contributed by atoms with E-state index in [-0.39, 0.29) is 6.03 Å². The van der Waals surface area contributed by atoms with Crippen molar-refractivity contribution in [3.8, 4) is 0 Å². The third-order valence-corrected chi connectivity index (χ3v) is 4.51. The van der Waals surface area contributed by atoms with Crippen molar-refractivity contribution in [2.45, 2.75) is 6.92 Å². The van der Waals surface area contributed by atoms with Crippen molar-refractivity contribution >= 4 is 51.9 Å². The lowest BCUT2D eigenvalue weighted by Gasteiger charge is -2.07. The number of nitrogens with zero attached hydrogens (tertiary/aromatic N) is 2. The largest absolute Gasteiger partial charge is 0.325 e. The quantitative estimate of drug-likeness (QED) is 0.653. The van der Waals surface area contributed by atoms with Gasteiger partial charge in [0.15, 0.2) is 0 Å². The molecule has 2 N–H and O–H groups in total. The third-order valence-electron chi connectivity index (χ3n) is 3.37. The molecule has 7 heteroatoms. The van der Waals surface area contributed by atoms with Gasteiger partial charge >= 0.3 is 6.03 Å². The zero-order chi connectivity index (χ0) is 17.6. The minimum absolute atomic E-state index is 0.355. The Bertz CT molecular complexity index is 923. The molecule has 3 rings (SSSR count). The molecule has 0 aliphatic heterocycles. The standard InChI is InChI=1S/C18H15ClN4OS/c1-12-6-2-5-9-15(12)20-17(24)21-18-23-22-16(25-18)11-10-13-7-3-4-8-14(13)19/h2-11H,1H3,(H2,20,21,23,24)/b11-10+. The number of halogens is 1. The van der Waals surface area contributed by atoms with E-state index < -0.39 is 0 Å². The third kappa shape index (κ3) is 4.65. The molecule has 0 aliphatic carbocycles. The van der Waals surface area contributed by atoms with Gasteiger partial charge in [0.05, 0.1) is 0 Å². The van der Waals surface area contributed by atoms with Crippen LogP contribution in [0.2, 0.25) is 5.02 Å². The van der Waals surface area contributed by atoms with Crippen molar-refractivity contribution in [1.82, 2.24) is 10.2 Å². The van der Waals surface area contributed by atoms with Crippen LogP contribution in [0.4, 0.5) is 15.6 Å². The van der Waals surface area contributed by atoms with Crippen LogP contribution in [0.5, 0.6) is 0 Å². The van der Waals surface area contributed by atoms with Gasteiger partial charge in [-0.15, -0.1) is 10.2 Å². The average Bonchev–Trinajstić information content (AvgIpc) is 3.03. The average molecular weight is 371 g/mol. The maximum Gasteiger partial charge on any atom is 0.325 e. The van der Waals surface area contributed by atoms with E-state index in [4.69, 9.17) is 11.6 Å². The highest BCUT2D eigenvalue weighted by atomic mass is 35.5. The molecule has 0 atom stereocenters. The van der Waals surface area contributed by atoms with E-state index in [9.17, 15) is 4.79 Å². The molecule has 1 aromatic heterocycles. The first-order valence-electron chi connectivity index (χ1n) is 7.51. The number of aryl methyl sites for hydroxylation is 1. The second-order valence-electron chi connectivity index (χ2n) is 5.19. The van der Waals surface area contributed by atoms with Crippen LogP contribution in [0.3, 0.4) is 0 Å². The van der Waals surface area contributed by atoms with Gasteiger partial charge in [-0.25, -0.2) is 4.79 Å². The summed E-state index contributed by atoms with van der Waals surface area (Å²) < 4.78 is 0. The Morgan fingerprint density at radius 2 is 1.80 bits per heavy atom. The number of aromatic nitrogens is 2. The van der Waals surface area contributed by atoms with Crippen LogP contribution < -0.4 is 10.6 Å². The Morgan fingerprint density at radius 1 is 1.04 bits per heavy atom. The summed E-state index contributed by atoms with van der Waals surface area (Å²) in [6.07, 6.45) is 3.67. The SMILES string of the molecule is Cc1ccccc1NC(=O)Nc1nnc(/C=C/c2ccccc2Cl)s1. The van der Waals surface area contributed by atoms with Gasteiger partial charge in [-0.2, -0.15) is 0 Å². The molecule has 0 radical (unpaired) electrons. The van der Waals surface area contributed by atoms with Crippen molar-refractivity contribution in [2.24, 2.45) is 0 Å². The van der Waals surface area contributed by atoms with Crippen LogP contribution in [0.1, 0.15) is 16.1 Å². The number of carbonyl (C=O) groups is 1. The summed E-state index contributed by atoms with van der Waals surface area (Å²) in [5.41, 5.74) is 2.63. The fourth-order valence-corrected chi connectivity index (χ4v) is 2.93. The minimum atomic E-state index is -0.355. The van der Waals surface area contributed by atoms with E-state index in [1.807, 2.05) is 67.6 Å². The molecule has 126 valence electrons. The molecular formula is C18H15ClN4OS. The summed E-state index contributed by atoms with van der Waals surface area (Å²) in [4.78, 5) is 12.0. The van der Waals surface area contributed by atoms with E-state index in [0.29, 0.717) is 15.2 Å². The molecule has 0 aliphatic rings. The Kier molecular flexibility index (Phi) is 5.42. The summed E-state index contributed by atoms with van der Waals surface area (Å²) in [6.45, 7) is 1.93. The number of hydrogen-bond donors (Lipinski definition) is 2. The molecule has 2 aromatic carbocycles. The Hall–Kier alpha value is -2.70. The summed E-state index contributed by atoms with van der Waals surface area (Å²) in [7, 11) is 0. The van der Waals surface area contributed by atoms with Crippen LogP contribution in [0.25, 0.3) is 12.2 Å². The number of carbonyl (C=O) groups excluding carboxylic acids is 1. The van der Waals surface area contributed by atoms with Gasteiger partial charge in [-0.05, 0) is 36.3 Å². The lowest BCUT2D eigenvalue weighted by Crippen LogP contribution is -2.19. The molecule has 3 aromatic rings. The van der Waals surface area contributed by atoms with Gasteiger partial charge in [-0.3, -0.25) is 5.32 Å². The number of rotatable bonds is 4. The van der Waals surface area contributed by atoms with Gasteiger partial charge in [0.2, 0.25) is 5.13 Å². The zero-order valence-corrected chi connectivity index (χ0v) is 14.9. The maximum absolute atomic E-state index is 12.0. The first-order chi connectivity index (χ1) is 12.1. The van der Waals surface area contributed by atoms with Crippen LogP contribution in [-0.2, 0) is 0 Å². The van der Waals surface area contributed by atoms with Gasteiger partial charge in [-0.1, -0.05) is 65.4 Å². The van der Waals surface area contributed by atoms with Crippen LogP contribution in [-0.4, -0.2) is 16.2 Å². The number of amides is 2. The fraction of sp³-hybridized carbons (Fsp3) is 0.0556. The number of nitrogens with one attached hydrogen (secondary N) is 2. The molecule has 0 spiro atoms. The van der Waals surface area contributed by atoms with Gasteiger partial charge < -0.3 is 5.32 Å². The normalized spacial score (nSPS) is 10.8. The van der Waals surface area contributed by atoms with Crippen molar-refractivity contribution in [3.63, 3.8) is 0 Å². The van der Waals surface area contributed by atoms with Crippen molar-refractivity contribution < 1.29 is 4.79 Å². The predicted molar refractivity (Wildman–Crippen MR) is 104 cm³/mol. The highest BCUT2D eigenvalue weighted by molar-refractivity contribution is 7.16. The lowest BCUT2D eigenvalue weighted by molar-refractivity contribution is 0.262. The topological polar surface area (TPSA) is 66.9 Å². The molecule has 0 bridgehead atoms. The first kappa shape index (κ1) is 17.1. The molecule has 0 fully saturated rings. The molecule has 2 amide bonds. The summed E-state index contributed by atoms with van der Waals surface area (Å²) in [5.74, 6) is 0. The molecule has 25 heavy (non-hydrogen) atoms. The number of anilines is 2. The lowest BCUT2D eigenvalue weighted by atomic mass is 10.2. The second-order valence-corrected chi connectivity index (χ2v) is 6.61. The number of para-hydroxylation sites is 1. The first-order valence-corrected chi connectivity index (χ1v) is 8.71. The highest BCUT2D eigenvalue weighted by Crippen LogP contribution is 2.21. The van der Waals surface area contributed by atoms with E-state index in [0.717, 1.165) is 16.8 Å². The smallest absolute Gasteiger partial charge is 0.307 e. The summed E-state index contributed by atoms with van der Waals surface area (Å²) in [6, 6.07) is 14.7. The van der Waals surface area contributed by atoms with Gasteiger partial charge in [0, 0.05) is 10.7 Å². The Balaban J connectivity index is 1.63. The zero-order valence-electron chi connectivity index (χ0n) is 13.4. The van der Waals surface area contributed by atoms with Crippen molar-refractivity contribution in [3.05, 3.63) is 69.7 Å². The molecule has 0 saturated carbocycles. The fourth-order valence-electron chi connectivity index (χ4n) is 2.09. The van der Waals surface area contributed by atoms with Crippen molar-refractivity contribution in [1.29, 1.82) is 0 Å². The molecular weight excluding hydrogens is 356 g/mol. The summed E-state index contributed by atoms with van der Waals surface area (Å²) in [5, 5.41) is 15.2. The van der Waals surface area contributed by atoms with Gasteiger partial charge in [0.25, 0.3) is 0 Å². The monoisotopic (exact) mass is 370 g/mol. The molecule has 1 heterocycles. The minimum Gasteiger partial charge on any atom is -0.307 e. The number of urea groups is 1. The van der Waals surface area contributed by atoms with Crippen LogP contribution >= 0.6 is 22.9 Å². The van der Waals surface area contributed by atoms with Crippen LogP contribution in [0, 0.1) is 6.92 Å². The van der Waals surface area contributed by atoms with Crippen molar-refractivity contribution in [2.75, 3.05) is 10.6 Å². The number of hydrogen-bond acceptors (Lipinski definition) is 4. The van der Waals surface area contributed by atoms with Crippen LogP contribution in [0.15, 0.2) is 48.5 Å². The second kappa shape index (κ2) is 7.92. The van der Waals surface area contributed by atoms with Gasteiger partial charge in [0.1, 0.15) is 5.01 Å². The Labute approximate surface area is 154 Å². The van der Waals surface area contributed by atoms with E-state index in [2.05, 4.69) is 20.8 Å². The molecule has 0 saturated heterocycles.